The molecule has 0 aliphatic rings. The van der Waals surface area contributed by atoms with Gasteiger partial charge in [0, 0.05) is 31.1 Å². The highest BCUT2D eigenvalue weighted by Crippen LogP contribution is 2.13. The van der Waals surface area contributed by atoms with Crippen molar-refractivity contribution in [2.24, 2.45) is 10.9 Å². The first-order valence-corrected chi connectivity index (χ1v) is 6.00. The Bertz CT molecular complexity index is 462. The molecule has 1 aromatic rings. The number of rotatable bonds is 7. The fraction of sp³-hybridized carbons (Fsp3) is 0.417. The van der Waals surface area contributed by atoms with E-state index in [4.69, 9.17) is 10.9 Å². The molecule has 1 rings (SSSR count). The predicted octanol–water partition coefficient (Wildman–Crippen LogP) is 1.60. The average molecular weight is 266 g/mol. The molecule has 1 atom stereocenters. The maximum absolute atomic E-state index is 10.7. The molecule has 4 N–H and O–H groups in total. The van der Waals surface area contributed by atoms with Crippen LogP contribution < -0.4 is 11.1 Å². The van der Waals surface area contributed by atoms with Crippen LogP contribution in [0, 0.1) is 10.1 Å². The number of benzene rings is 1. The summed E-state index contributed by atoms with van der Waals surface area (Å²) in [6.07, 6.45) is 1.24. The molecule has 0 aromatic heterocycles. The molecule has 0 radical (unpaired) electrons. The monoisotopic (exact) mass is 266 g/mol. The molecule has 0 aliphatic heterocycles. The molecule has 0 aliphatic carbocycles. The van der Waals surface area contributed by atoms with Gasteiger partial charge in [-0.25, -0.2) is 0 Å². The van der Waals surface area contributed by atoms with Gasteiger partial charge in [0.25, 0.3) is 5.69 Å². The number of nitrogens with one attached hydrogen (secondary N) is 1. The number of nitrogens with two attached hydrogens (primary N) is 1. The number of non-ortho nitro benzene ring substituents is 1. The third-order valence-corrected chi connectivity index (χ3v) is 2.79. The second-order valence-corrected chi connectivity index (χ2v) is 4.21. The number of oxime groups is 1. The summed E-state index contributed by atoms with van der Waals surface area (Å²) in [6.45, 7) is 2.48. The van der Waals surface area contributed by atoms with Crippen molar-refractivity contribution in [2.75, 3.05) is 0 Å². The van der Waals surface area contributed by atoms with E-state index in [-0.39, 0.29) is 17.6 Å². The number of nitro benzene ring substituents is 1. The lowest BCUT2D eigenvalue weighted by Gasteiger charge is -2.16. The lowest BCUT2D eigenvalue weighted by atomic mass is 10.1. The van der Waals surface area contributed by atoms with Crippen molar-refractivity contribution in [3.05, 3.63) is 39.9 Å². The number of amidine groups is 1. The predicted molar refractivity (Wildman–Crippen MR) is 72.0 cm³/mol. The van der Waals surface area contributed by atoms with E-state index in [1.165, 1.54) is 12.1 Å². The van der Waals surface area contributed by atoms with Crippen molar-refractivity contribution in [1.82, 2.24) is 5.32 Å². The Kier molecular flexibility index (Phi) is 5.74. The van der Waals surface area contributed by atoms with Crippen LogP contribution in [0.25, 0.3) is 0 Å². The first-order chi connectivity index (χ1) is 9.06. The summed E-state index contributed by atoms with van der Waals surface area (Å²) in [5.74, 6) is 0.165. The summed E-state index contributed by atoms with van der Waals surface area (Å²) < 4.78 is 0. The summed E-state index contributed by atoms with van der Waals surface area (Å²) in [7, 11) is 0. The van der Waals surface area contributed by atoms with Gasteiger partial charge in [0.05, 0.1) is 4.92 Å². The van der Waals surface area contributed by atoms with Gasteiger partial charge < -0.3 is 16.3 Å². The van der Waals surface area contributed by atoms with Crippen LogP contribution in [0.15, 0.2) is 29.4 Å². The highest BCUT2D eigenvalue weighted by atomic mass is 16.6. The Morgan fingerprint density at radius 1 is 1.63 bits per heavy atom. The van der Waals surface area contributed by atoms with Gasteiger partial charge in [-0.2, -0.15) is 0 Å². The van der Waals surface area contributed by atoms with E-state index in [1.54, 1.807) is 6.07 Å². The first kappa shape index (κ1) is 14.9. The molecular weight excluding hydrogens is 248 g/mol. The quantitative estimate of drug-likeness (QED) is 0.228. The first-order valence-electron chi connectivity index (χ1n) is 6.00. The molecule has 0 bridgehead atoms. The van der Waals surface area contributed by atoms with E-state index >= 15 is 0 Å². The number of nitrogens with zero attached hydrogens (tertiary/aromatic N) is 2. The number of nitro groups is 1. The van der Waals surface area contributed by atoms with Crippen molar-refractivity contribution in [2.45, 2.75) is 32.4 Å². The van der Waals surface area contributed by atoms with Crippen LogP contribution in [0.4, 0.5) is 5.69 Å². The largest absolute Gasteiger partial charge is 0.409 e. The van der Waals surface area contributed by atoms with Crippen LogP contribution in [0.5, 0.6) is 0 Å². The fourth-order valence-corrected chi connectivity index (χ4v) is 1.70. The second kappa shape index (κ2) is 7.32. The van der Waals surface area contributed by atoms with Crippen LogP contribution in [0.3, 0.4) is 0 Å². The molecule has 19 heavy (non-hydrogen) atoms. The molecule has 0 spiro atoms. The molecule has 0 saturated heterocycles. The van der Waals surface area contributed by atoms with Gasteiger partial charge in [-0.15, -0.1) is 0 Å². The highest BCUT2D eigenvalue weighted by molar-refractivity contribution is 5.80. The minimum atomic E-state index is -0.419. The summed E-state index contributed by atoms with van der Waals surface area (Å²) in [6, 6.07) is 6.52. The Balaban J connectivity index is 2.59. The van der Waals surface area contributed by atoms with E-state index < -0.39 is 4.92 Å². The van der Waals surface area contributed by atoms with Gasteiger partial charge in [-0.05, 0) is 12.0 Å². The molecule has 7 nitrogen and oxygen atoms in total. The fourth-order valence-electron chi connectivity index (χ4n) is 1.70. The lowest BCUT2D eigenvalue weighted by Crippen LogP contribution is -2.32. The summed E-state index contributed by atoms with van der Waals surface area (Å²) in [5, 5.41) is 25.3. The summed E-state index contributed by atoms with van der Waals surface area (Å²) >= 11 is 0. The average Bonchev–Trinajstić information content (AvgIpc) is 2.43. The maximum atomic E-state index is 10.7. The third kappa shape index (κ3) is 4.92. The van der Waals surface area contributed by atoms with Gasteiger partial charge in [0.1, 0.15) is 5.84 Å². The Labute approximate surface area is 111 Å². The van der Waals surface area contributed by atoms with Crippen LogP contribution >= 0.6 is 0 Å². The maximum Gasteiger partial charge on any atom is 0.269 e. The van der Waals surface area contributed by atoms with E-state index in [1.807, 2.05) is 13.0 Å². The van der Waals surface area contributed by atoms with Gasteiger partial charge >= 0.3 is 0 Å². The molecular formula is C12H18N4O3. The summed E-state index contributed by atoms with van der Waals surface area (Å²) in [4.78, 5) is 10.2. The zero-order valence-electron chi connectivity index (χ0n) is 10.7. The zero-order valence-corrected chi connectivity index (χ0v) is 10.7. The molecule has 0 amide bonds. The number of hydrogen-bond donors (Lipinski definition) is 3. The van der Waals surface area contributed by atoms with Crippen LogP contribution in [-0.2, 0) is 6.54 Å². The van der Waals surface area contributed by atoms with Crippen molar-refractivity contribution in [3.63, 3.8) is 0 Å². The SMILES string of the molecule is CCC(CC(N)=NO)NCc1cccc([N+](=O)[O-])c1. The minimum absolute atomic E-state index is 0.0650. The Morgan fingerprint density at radius 2 is 2.37 bits per heavy atom. The molecule has 104 valence electrons. The number of hydrogen-bond acceptors (Lipinski definition) is 5. The Hall–Kier alpha value is -2.15. The Morgan fingerprint density at radius 3 is 2.95 bits per heavy atom. The van der Waals surface area contributed by atoms with Crippen molar-refractivity contribution in [3.8, 4) is 0 Å². The third-order valence-electron chi connectivity index (χ3n) is 2.79. The highest BCUT2D eigenvalue weighted by Gasteiger charge is 2.10. The topological polar surface area (TPSA) is 114 Å². The molecule has 0 fully saturated rings. The lowest BCUT2D eigenvalue weighted by molar-refractivity contribution is -0.384. The van der Waals surface area contributed by atoms with Crippen molar-refractivity contribution < 1.29 is 10.1 Å². The van der Waals surface area contributed by atoms with Crippen LogP contribution in [0.1, 0.15) is 25.3 Å². The molecule has 1 aromatic carbocycles. The van der Waals surface area contributed by atoms with E-state index in [9.17, 15) is 10.1 Å². The van der Waals surface area contributed by atoms with Crippen LogP contribution in [-0.4, -0.2) is 22.0 Å². The van der Waals surface area contributed by atoms with E-state index in [0.29, 0.717) is 13.0 Å². The van der Waals surface area contributed by atoms with Gasteiger partial charge in [0.15, 0.2) is 0 Å². The zero-order chi connectivity index (χ0) is 14.3. The van der Waals surface area contributed by atoms with Gasteiger partial charge in [-0.1, -0.05) is 24.2 Å². The normalized spacial score (nSPS) is 13.2. The van der Waals surface area contributed by atoms with Crippen molar-refractivity contribution >= 4 is 11.5 Å². The smallest absolute Gasteiger partial charge is 0.269 e. The van der Waals surface area contributed by atoms with Crippen LogP contribution in [0.2, 0.25) is 0 Å². The minimum Gasteiger partial charge on any atom is -0.409 e. The van der Waals surface area contributed by atoms with E-state index in [2.05, 4.69) is 10.5 Å². The van der Waals surface area contributed by atoms with Gasteiger partial charge in [-0.3, -0.25) is 10.1 Å². The summed E-state index contributed by atoms with van der Waals surface area (Å²) in [5.41, 5.74) is 6.35. The van der Waals surface area contributed by atoms with Gasteiger partial charge in [0.2, 0.25) is 0 Å². The molecule has 7 heteroatoms. The standard InChI is InChI=1S/C12H18N4O3/c1-2-10(7-12(13)15-17)14-8-9-4-3-5-11(6-9)16(18)19/h3-6,10,14,17H,2,7-8H2,1H3,(H2,13,15). The van der Waals surface area contributed by atoms with E-state index in [0.717, 1.165) is 12.0 Å². The second-order valence-electron chi connectivity index (χ2n) is 4.21. The molecule has 1 unspecified atom stereocenters. The van der Waals surface area contributed by atoms with Crippen molar-refractivity contribution in [1.29, 1.82) is 0 Å². The molecule has 0 heterocycles. The molecule has 0 saturated carbocycles.